The number of hydrogen-bond donors (Lipinski definition) is 1. The Labute approximate surface area is 143 Å². The summed E-state index contributed by atoms with van der Waals surface area (Å²) < 4.78 is 2.70. The molecule has 21 heavy (non-hydrogen) atoms. The Kier molecular flexibility index (Phi) is 4.91. The average Bonchev–Trinajstić information content (AvgIpc) is 2.69. The molecule has 114 valence electrons. The quantitative estimate of drug-likeness (QED) is 0.760. The van der Waals surface area contributed by atoms with Crippen molar-refractivity contribution in [3.05, 3.63) is 44.1 Å². The Balaban J connectivity index is 2.25. The Bertz CT molecular complexity index is 636. The fraction of sp³-hybridized carbons (Fsp3) is 0.400. The first-order valence-corrected chi connectivity index (χ1v) is 8.15. The van der Waals surface area contributed by atoms with Crippen LogP contribution in [0.3, 0.4) is 0 Å². The summed E-state index contributed by atoms with van der Waals surface area (Å²) >= 11 is 15.9. The number of rotatable bonds is 3. The van der Waals surface area contributed by atoms with Gasteiger partial charge in [-0.1, -0.05) is 59.9 Å². The molecular weight excluding hydrogens is 373 g/mol. The highest BCUT2D eigenvalue weighted by Crippen LogP contribution is 2.34. The molecule has 0 atom stereocenters. The van der Waals surface area contributed by atoms with E-state index in [4.69, 9.17) is 23.2 Å². The van der Waals surface area contributed by atoms with E-state index in [-0.39, 0.29) is 5.41 Å². The molecule has 2 aromatic rings. The van der Waals surface area contributed by atoms with Crippen molar-refractivity contribution in [3.8, 4) is 0 Å². The van der Waals surface area contributed by atoms with Crippen LogP contribution in [0, 0.1) is 0 Å². The van der Waals surface area contributed by atoms with E-state index in [0.29, 0.717) is 16.6 Å². The predicted molar refractivity (Wildman–Crippen MR) is 93.4 cm³/mol. The van der Waals surface area contributed by atoms with Crippen molar-refractivity contribution in [3.63, 3.8) is 0 Å². The van der Waals surface area contributed by atoms with Crippen LogP contribution in [0.25, 0.3) is 0 Å². The number of aromatic nitrogens is 2. The number of anilines is 1. The summed E-state index contributed by atoms with van der Waals surface area (Å²) in [5.74, 6) is 0. The van der Waals surface area contributed by atoms with E-state index in [1.807, 2.05) is 30.1 Å². The van der Waals surface area contributed by atoms with Gasteiger partial charge in [-0.05, 0) is 12.1 Å². The second-order valence-corrected chi connectivity index (χ2v) is 7.75. The van der Waals surface area contributed by atoms with Gasteiger partial charge in [-0.15, -0.1) is 0 Å². The SMILES string of the molecule is Cn1cc(CNc2c(Cl)cc(Br)cc2Cl)c(C(C)(C)C)n1. The highest BCUT2D eigenvalue weighted by Gasteiger charge is 2.22. The first kappa shape index (κ1) is 16.7. The van der Waals surface area contributed by atoms with Gasteiger partial charge in [0.05, 0.1) is 21.4 Å². The predicted octanol–water partition coefficient (Wildman–Crippen LogP) is 5.40. The van der Waals surface area contributed by atoms with Gasteiger partial charge >= 0.3 is 0 Å². The van der Waals surface area contributed by atoms with E-state index in [2.05, 4.69) is 47.1 Å². The minimum Gasteiger partial charge on any atom is -0.378 e. The van der Waals surface area contributed by atoms with Gasteiger partial charge in [0.1, 0.15) is 0 Å². The Hall–Kier alpha value is -0.710. The van der Waals surface area contributed by atoms with E-state index in [1.54, 1.807) is 0 Å². The van der Waals surface area contributed by atoms with Crippen LogP contribution in [0.5, 0.6) is 0 Å². The van der Waals surface area contributed by atoms with Gasteiger partial charge in [0.15, 0.2) is 0 Å². The first-order chi connectivity index (χ1) is 9.68. The molecule has 0 saturated carbocycles. The van der Waals surface area contributed by atoms with E-state index < -0.39 is 0 Å². The number of halogens is 3. The third-order valence-electron chi connectivity index (χ3n) is 3.08. The van der Waals surface area contributed by atoms with Gasteiger partial charge in [-0.2, -0.15) is 5.10 Å². The molecule has 1 N–H and O–H groups in total. The molecule has 0 bridgehead atoms. The lowest BCUT2D eigenvalue weighted by Gasteiger charge is -2.18. The highest BCUT2D eigenvalue weighted by molar-refractivity contribution is 9.10. The molecule has 6 heteroatoms. The summed E-state index contributed by atoms with van der Waals surface area (Å²) in [6.07, 6.45) is 2.02. The molecule has 3 nitrogen and oxygen atoms in total. The smallest absolute Gasteiger partial charge is 0.0727 e. The lowest BCUT2D eigenvalue weighted by atomic mass is 9.89. The minimum absolute atomic E-state index is 0.00835. The van der Waals surface area contributed by atoms with Crippen LogP contribution in [0.2, 0.25) is 10.0 Å². The van der Waals surface area contributed by atoms with E-state index in [9.17, 15) is 0 Å². The molecule has 1 aromatic heterocycles. The zero-order chi connectivity index (χ0) is 15.8. The molecule has 0 fully saturated rings. The van der Waals surface area contributed by atoms with Gasteiger partial charge in [0, 0.05) is 35.2 Å². The molecule has 0 aliphatic carbocycles. The summed E-state index contributed by atoms with van der Waals surface area (Å²) in [6.45, 7) is 7.08. The van der Waals surface area contributed by atoms with Gasteiger partial charge in [-0.25, -0.2) is 0 Å². The second-order valence-electron chi connectivity index (χ2n) is 6.02. The van der Waals surface area contributed by atoms with Crippen LogP contribution in [0.15, 0.2) is 22.8 Å². The van der Waals surface area contributed by atoms with E-state index in [1.165, 1.54) is 0 Å². The maximum absolute atomic E-state index is 6.24. The first-order valence-electron chi connectivity index (χ1n) is 6.60. The third-order valence-corrected chi connectivity index (χ3v) is 4.13. The second kappa shape index (κ2) is 6.19. The van der Waals surface area contributed by atoms with Crippen molar-refractivity contribution in [1.82, 2.24) is 9.78 Å². The Morgan fingerprint density at radius 1 is 1.24 bits per heavy atom. The van der Waals surface area contributed by atoms with Gasteiger partial charge < -0.3 is 5.32 Å². The normalized spacial score (nSPS) is 11.8. The Morgan fingerprint density at radius 2 is 1.81 bits per heavy atom. The van der Waals surface area contributed by atoms with Crippen molar-refractivity contribution >= 4 is 44.8 Å². The largest absolute Gasteiger partial charge is 0.378 e. The summed E-state index contributed by atoms with van der Waals surface area (Å²) in [5, 5.41) is 9.06. The molecule has 0 amide bonds. The molecular formula is C15H18BrCl2N3. The molecule has 1 aromatic carbocycles. The van der Waals surface area contributed by atoms with Crippen molar-refractivity contribution < 1.29 is 0 Å². The van der Waals surface area contributed by atoms with Crippen molar-refractivity contribution in [2.75, 3.05) is 5.32 Å². The molecule has 0 unspecified atom stereocenters. The number of benzene rings is 1. The standard InChI is InChI=1S/C15H18BrCl2N3/c1-15(2,3)14-9(8-21(4)20-14)7-19-13-11(17)5-10(16)6-12(13)18/h5-6,8,19H,7H2,1-4H3. The summed E-state index contributed by atoms with van der Waals surface area (Å²) in [5.41, 5.74) is 2.94. The lowest BCUT2D eigenvalue weighted by molar-refractivity contribution is 0.549. The molecule has 0 saturated heterocycles. The monoisotopic (exact) mass is 389 g/mol. The average molecular weight is 391 g/mol. The van der Waals surface area contributed by atoms with Gasteiger partial charge in [-0.3, -0.25) is 4.68 Å². The van der Waals surface area contributed by atoms with E-state index in [0.717, 1.165) is 21.4 Å². The molecule has 0 spiro atoms. The van der Waals surface area contributed by atoms with Gasteiger partial charge in [0.25, 0.3) is 0 Å². The number of nitrogens with one attached hydrogen (secondary N) is 1. The van der Waals surface area contributed by atoms with Crippen molar-refractivity contribution in [2.45, 2.75) is 32.7 Å². The van der Waals surface area contributed by atoms with E-state index >= 15 is 0 Å². The van der Waals surface area contributed by atoms with Crippen LogP contribution in [0.4, 0.5) is 5.69 Å². The zero-order valence-corrected chi connectivity index (χ0v) is 15.6. The highest BCUT2D eigenvalue weighted by atomic mass is 79.9. The zero-order valence-electron chi connectivity index (χ0n) is 12.5. The van der Waals surface area contributed by atoms with Crippen LogP contribution in [-0.4, -0.2) is 9.78 Å². The fourth-order valence-electron chi connectivity index (χ4n) is 2.19. The molecule has 1 heterocycles. The van der Waals surface area contributed by atoms with Gasteiger partial charge in [0.2, 0.25) is 0 Å². The van der Waals surface area contributed by atoms with Crippen molar-refractivity contribution in [2.24, 2.45) is 7.05 Å². The maximum atomic E-state index is 6.24. The molecule has 0 aliphatic heterocycles. The van der Waals surface area contributed by atoms with Crippen LogP contribution < -0.4 is 5.32 Å². The summed E-state index contributed by atoms with van der Waals surface area (Å²) in [4.78, 5) is 0. The number of nitrogens with zero attached hydrogens (tertiary/aromatic N) is 2. The fourth-order valence-corrected chi connectivity index (χ4v) is 3.54. The number of aryl methyl sites for hydroxylation is 1. The number of hydrogen-bond acceptors (Lipinski definition) is 2. The summed E-state index contributed by atoms with van der Waals surface area (Å²) in [7, 11) is 1.93. The van der Waals surface area contributed by atoms with Crippen LogP contribution in [-0.2, 0) is 19.0 Å². The van der Waals surface area contributed by atoms with Crippen molar-refractivity contribution in [1.29, 1.82) is 0 Å². The topological polar surface area (TPSA) is 29.9 Å². The van der Waals surface area contributed by atoms with Crippen LogP contribution >= 0.6 is 39.1 Å². The molecule has 0 aliphatic rings. The molecule has 2 rings (SSSR count). The Morgan fingerprint density at radius 3 is 2.33 bits per heavy atom. The van der Waals surface area contributed by atoms with Crippen LogP contribution in [0.1, 0.15) is 32.0 Å². The molecule has 0 radical (unpaired) electrons. The maximum Gasteiger partial charge on any atom is 0.0727 e. The summed E-state index contributed by atoms with van der Waals surface area (Å²) in [6, 6.07) is 3.65. The third kappa shape index (κ3) is 3.93. The minimum atomic E-state index is -0.00835. The lowest BCUT2D eigenvalue weighted by Crippen LogP contribution is -2.16.